The predicted octanol–water partition coefficient (Wildman–Crippen LogP) is 3.68. The minimum atomic E-state index is -0.0866. The van der Waals surface area contributed by atoms with Crippen molar-refractivity contribution in [2.45, 2.75) is 52.6 Å². The minimum absolute atomic E-state index is 0.0866. The number of nitrogens with zero attached hydrogens (tertiary/aromatic N) is 4. The van der Waals surface area contributed by atoms with Gasteiger partial charge in [-0.2, -0.15) is 5.10 Å². The first kappa shape index (κ1) is 19.0. The summed E-state index contributed by atoms with van der Waals surface area (Å²) in [5.41, 5.74) is 2.55. The summed E-state index contributed by atoms with van der Waals surface area (Å²) in [6, 6.07) is 5.97. The Morgan fingerprint density at radius 1 is 1.27 bits per heavy atom. The molecule has 2 fully saturated rings. The molecule has 1 amide bonds. The number of fused-ring (bicyclic) bond motifs is 3. The van der Waals surface area contributed by atoms with Crippen molar-refractivity contribution in [3.05, 3.63) is 54.1 Å². The molecule has 3 aromatic rings. The van der Waals surface area contributed by atoms with E-state index >= 15 is 0 Å². The van der Waals surface area contributed by atoms with Crippen molar-refractivity contribution in [2.24, 2.45) is 16.7 Å². The molecule has 2 N–H and O–H groups in total. The normalized spacial score (nSPS) is 26.8. The topological polar surface area (TPSA) is 84.2 Å². The van der Waals surface area contributed by atoms with Crippen LogP contribution in [0.2, 0.25) is 0 Å². The Morgan fingerprint density at radius 3 is 2.83 bits per heavy atom. The van der Waals surface area contributed by atoms with E-state index in [1.54, 1.807) is 16.9 Å². The molecular weight excluding hydrogens is 376 g/mol. The lowest BCUT2D eigenvalue weighted by molar-refractivity contribution is 0.0827. The summed E-state index contributed by atoms with van der Waals surface area (Å²) in [5.74, 6) is 1.29. The van der Waals surface area contributed by atoms with E-state index in [1.807, 2.05) is 30.6 Å². The van der Waals surface area contributed by atoms with Crippen LogP contribution in [0.3, 0.4) is 0 Å². The summed E-state index contributed by atoms with van der Waals surface area (Å²) in [6.45, 7) is 7.66. The van der Waals surface area contributed by atoms with Crippen molar-refractivity contribution in [1.82, 2.24) is 24.9 Å². The summed E-state index contributed by atoms with van der Waals surface area (Å²) in [6.07, 6.45) is 10.5. The monoisotopic (exact) mass is 404 g/mol. The van der Waals surface area contributed by atoms with Crippen LogP contribution in [0.25, 0.3) is 5.65 Å². The summed E-state index contributed by atoms with van der Waals surface area (Å²) in [5, 5.41) is 10.9. The van der Waals surface area contributed by atoms with E-state index < -0.39 is 0 Å². The molecule has 5 rings (SSSR count). The highest BCUT2D eigenvalue weighted by atomic mass is 16.1. The smallest absolute Gasteiger partial charge is 0.257 e. The number of nitrogens with one attached hydrogen (secondary N) is 2. The Morgan fingerprint density at radius 2 is 2.13 bits per heavy atom. The summed E-state index contributed by atoms with van der Waals surface area (Å²) in [4.78, 5) is 21.9. The van der Waals surface area contributed by atoms with Gasteiger partial charge in [-0.25, -0.2) is 9.50 Å². The molecule has 7 heteroatoms. The van der Waals surface area contributed by atoms with Gasteiger partial charge >= 0.3 is 0 Å². The Hall–Kier alpha value is -2.96. The number of pyridine rings is 1. The van der Waals surface area contributed by atoms with Crippen molar-refractivity contribution in [1.29, 1.82) is 0 Å². The number of carbonyl (C=O) groups excluding carboxylic acids is 1. The second-order valence-corrected chi connectivity index (χ2v) is 9.49. The van der Waals surface area contributed by atoms with E-state index in [4.69, 9.17) is 0 Å². The largest absolute Gasteiger partial charge is 0.366 e. The van der Waals surface area contributed by atoms with E-state index in [1.165, 1.54) is 12.8 Å². The van der Waals surface area contributed by atoms with E-state index in [-0.39, 0.29) is 22.8 Å². The second-order valence-electron chi connectivity index (χ2n) is 9.49. The van der Waals surface area contributed by atoms with Crippen LogP contribution in [0, 0.1) is 16.7 Å². The molecule has 2 aliphatic rings. The lowest BCUT2D eigenvalue weighted by Gasteiger charge is -2.39. The van der Waals surface area contributed by atoms with Gasteiger partial charge in [-0.1, -0.05) is 26.8 Å². The van der Waals surface area contributed by atoms with Gasteiger partial charge in [0, 0.05) is 31.2 Å². The first-order chi connectivity index (χ1) is 14.4. The molecule has 0 radical (unpaired) electrons. The van der Waals surface area contributed by atoms with Crippen molar-refractivity contribution in [3.8, 4) is 0 Å². The highest BCUT2D eigenvalue weighted by Gasteiger charge is 2.61. The van der Waals surface area contributed by atoms with Crippen LogP contribution in [0.4, 0.5) is 5.82 Å². The molecule has 0 unspecified atom stereocenters. The van der Waals surface area contributed by atoms with Crippen LogP contribution in [-0.2, 0) is 6.54 Å². The molecular formula is C23H28N6O. The Kier molecular flexibility index (Phi) is 4.31. The lowest BCUT2D eigenvalue weighted by Crippen LogP contribution is -2.46. The van der Waals surface area contributed by atoms with E-state index in [2.05, 4.69) is 46.5 Å². The fraction of sp³-hybridized carbons (Fsp3) is 0.478. The van der Waals surface area contributed by atoms with Gasteiger partial charge in [-0.05, 0) is 53.7 Å². The first-order valence-electron chi connectivity index (χ1n) is 10.7. The minimum Gasteiger partial charge on any atom is -0.366 e. The van der Waals surface area contributed by atoms with Crippen molar-refractivity contribution in [3.63, 3.8) is 0 Å². The molecule has 0 spiro atoms. The third-order valence-electron chi connectivity index (χ3n) is 7.91. The zero-order valence-corrected chi connectivity index (χ0v) is 17.7. The lowest BCUT2D eigenvalue weighted by atomic mass is 9.69. The van der Waals surface area contributed by atoms with Crippen LogP contribution in [0.1, 0.15) is 56.0 Å². The van der Waals surface area contributed by atoms with Gasteiger partial charge in [0.1, 0.15) is 11.4 Å². The maximum atomic E-state index is 13.2. The number of carbonyl (C=O) groups is 1. The average molecular weight is 405 g/mol. The Balaban J connectivity index is 1.35. The zero-order valence-electron chi connectivity index (χ0n) is 17.7. The van der Waals surface area contributed by atoms with Gasteiger partial charge < -0.3 is 10.6 Å². The third kappa shape index (κ3) is 2.87. The highest BCUT2D eigenvalue weighted by molar-refractivity contribution is 6.00. The first-order valence-corrected chi connectivity index (χ1v) is 10.7. The SMILES string of the molecule is CC1(C)[C@@H]2CC[C@@]1(C)[C@H](NC(=O)c1cnn3ccc(NCc4cccnc4)nc13)C2. The van der Waals surface area contributed by atoms with E-state index in [0.29, 0.717) is 29.5 Å². The van der Waals surface area contributed by atoms with Crippen LogP contribution in [0.15, 0.2) is 43.0 Å². The molecule has 0 aliphatic heterocycles. The number of amides is 1. The van der Waals surface area contributed by atoms with Gasteiger partial charge in [0.25, 0.3) is 5.91 Å². The number of hydrogen-bond acceptors (Lipinski definition) is 5. The molecule has 3 aromatic heterocycles. The standard InChI is InChI=1S/C23H28N6O/c1-22(2)16-6-8-23(22,3)18(11-16)27-21(30)17-14-26-29-10-7-19(28-20(17)29)25-13-15-5-4-9-24-12-15/h4-5,7,9-10,12,14,16,18H,6,8,11,13H2,1-3H3,(H,25,28)(H,27,30)/t16-,18-,23+/m1/s1. The van der Waals surface area contributed by atoms with Crippen LogP contribution in [-0.4, -0.2) is 31.5 Å². The van der Waals surface area contributed by atoms with Gasteiger partial charge in [-0.3, -0.25) is 9.78 Å². The fourth-order valence-corrected chi connectivity index (χ4v) is 5.48. The molecule has 2 saturated carbocycles. The Bertz CT molecular complexity index is 1090. The molecule has 156 valence electrons. The zero-order chi connectivity index (χ0) is 20.9. The van der Waals surface area contributed by atoms with Crippen molar-refractivity contribution in [2.75, 3.05) is 5.32 Å². The number of hydrogen-bond donors (Lipinski definition) is 2. The molecule has 30 heavy (non-hydrogen) atoms. The van der Waals surface area contributed by atoms with Gasteiger partial charge in [0.05, 0.1) is 6.20 Å². The fourth-order valence-electron chi connectivity index (χ4n) is 5.48. The van der Waals surface area contributed by atoms with Crippen LogP contribution in [0.5, 0.6) is 0 Å². The third-order valence-corrected chi connectivity index (χ3v) is 7.91. The van der Waals surface area contributed by atoms with Crippen molar-refractivity contribution < 1.29 is 4.79 Å². The quantitative estimate of drug-likeness (QED) is 0.678. The number of aromatic nitrogens is 4. The van der Waals surface area contributed by atoms with Gasteiger partial charge in [-0.15, -0.1) is 0 Å². The van der Waals surface area contributed by atoms with E-state index in [0.717, 1.165) is 12.0 Å². The molecule has 0 aromatic carbocycles. The maximum absolute atomic E-state index is 13.2. The number of anilines is 1. The molecule has 0 saturated heterocycles. The maximum Gasteiger partial charge on any atom is 0.257 e. The van der Waals surface area contributed by atoms with Gasteiger partial charge in [0.2, 0.25) is 0 Å². The summed E-state index contributed by atoms with van der Waals surface area (Å²) >= 11 is 0. The highest BCUT2D eigenvalue weighted by Crippen LogP contribution is 2.65. The van der Waals surface area contributed by atoms with E-state index in [9.17, 15) is 4.79 Å². The molecule has 3 heterocycles. The van der Waals surface area contributed by atoms with Gasteiger partial charge in [0.15, 0.2) is 5.65 Å². The van der Waals surface area contributed by atoms with Crippen LogP contribution < -0.4 is 10.6 Å². The van der Waals surface area contributed by atoms with Crippen molar-refractivity contribution >= 4 is 17.4 Å². The molecule has 2 bridgehead atoms. The molecule has 2 aliphatic carbocycles. The second kappa shape index (κ2) is 6.79. The Labute approximate surface area is 176 Å². The summed E-state index contributed by atoms with van der Waals surface area (Å²) in [7, 11) is 0. The summed E-state index contributed by atoms with van der Waals surface area (Å²) < 4.78 is 1.65. The predicted molar refractivity (Wildman–Crippen MR) is 115 cm³/mol. The molecule has 7 nitrogen and oxygen atoms in total. The van der Waals surface area contributed by atoms with Crippen LogP contribution >= 0.6 is 0 Å². The molecule has 3 atom stereocenters. The number of rotatable bonds is 5. The average Bonchev–Trinajstić information content (AvgIpc) is 3.32.